The van der Waals surface area contributed by atoms with Gasteiger partial charge in [0.25, 0.3) is 5.91 Å². The molecule has 2 aromatic rings. The summed E-state index contributed by atoms with van der Waals surface area (Å²) in [6.45, 7) is 6.18. The van der Waals surface area contributed by atoms with Crippen LogP contribution in [-0.4, -0.2) is 34.0 Å². The fourth-order valence-corrected chi connectivity index (χ4v) is 4.79. The minimum atomic E-state index is 0.145. The van der Waals surface area contributed by atoms with Crippen LogP contribution in [0.25, 0.3) is 0 Å². The number of aryl methyl sites for hydroxylation is 3. The first-order chi connectivity index (χ1) is 12.5. The third-order valence-corrected chi connectivity index (χ3v) is 5.74. The van der Waals surface area contributed by atoms with Crippen molar-refractivity contribution in [3.8, 4) is 5.88 Å². The number of benzene rings is 1. The number of carbonyl (C=O) groups excluding carboxylic acids is 1. The maximum atomic E-state index is 13.4. The number of hydrogen-bond acceptors (Lipinski definition) is 3. The Labute approximate surface area is 155 Å². The van der Waals surface area contributed by atoms with E-state index in [2.05, 4.69) is 28.9 Å². The largest absolute Gasteiger partial charge is 0.474 e. The number of rotatable bonds is 3. The lowest BCUT2D eigenvalue weighted by Gasteiger charge is -2.39. The first-order valence-corrected chi connectivity index (χ1v) is 9.51. The van der Waals surface area contributed by atoms with E-state index in [1.807, 2.05) is 32.0 Å². The summed E-state index contributed by atoms with van der Waals surface area (Å²) in [7, 11) is 0. The van der Waals surface area contributed by atoms with Crippen molar-refractivity contribution in [2.75, 3.05) is 0 Å². The predicted molar refractivity (Wildman–Crippen MR) is 102 cm³/mol. The van der Waals surface area contributed by atoms with E-state index in [-0.39, 0.29) is 24.1 Å². The summed E-state index contributed by atoms with van der Waals surface area (Å²) >= 11 is 0. The van der Waals surface area contributed by atoms with Gasteiger partial charge in [-0.3, -0.25) is 4.79 Å². The Bertz CT molecular complexity index is 781. The summed E-state index contributed by atoms with van der Waals surface area (Å²) in [5.74, 6) is 0.880. The molecule has 2 bridgehead atoms. The van der Waals surface area contributed by atoms with Crippen molar-refractivity contribution in [1.29, 1.82) is 0 Å². The van der Waals surface area contributed by atoms with Crippen molar-refractivity contribution in [1.82, 2.24) is 9.88 Å². The van der Waals surface area contributed by atoms with Crippen LogP contribution in [0.4, 0.5) is 0 Å². The van der Waals surface area contributed by atoms with Crippen LogP contribution in [0.1, 0.15) is 52.7 Å². The zero-order valence-corrected chi connectivity index (χ0v) is 15.7. The van der Waals surface area contributed by atoms with Crippen LogP contribution in [0.2, 0.25) is 0 Å². The van der Waals surface area contributed by atoms with Gasteiger partial charge in [0.05, 0.1) is 0 Å². The van der Waals surface area contributed by atoms with Gasteiger partial charge in [0.1, 0.15) is 6.10 Å². The summed E-state index contributed by atoms with van der Waals surface area (Å²) < 4.78 is 6.08. The molecular weight excluding hydrogens is 324 g/mol. The number of amides is 1. The molecule has 2 aliphatic heterocycles. The molecule has 1 aromatic carbocycles. The Balaban J connectivity index is 1.53. The number of hydrogen-bond donors (Lipinski definition) is 0. The van der Waals surface area contributed by atoms with Gasteiger partial charge in [-0.25, -0.2) is 4.98 Å². The number of nitrogens with zero attached hydrogens (tertiary/aromatic N) is 2. The molecule has 4 rings (SSSR count). The summed E-state index contributed by atoms with van der Waals surface area (Å²) in [5, 5.41) is 0. The van der Waals surface area contributed by atoms with E-state index in [4.69, 9.17) is 4.74 Å². The van der Waals surface area contributed by atoms with Crippen LogP contribution in [0, 0.1) is 20.8 Å². The molecular formula is C22H26N2O2. The van der Waals surface area contributed by atoms with Gasteiger partial charge in [-0.1, -0.05) is 23.8 Å². The quantitative estimate of drug-likeness (QED) is 0.832. The van der Waals surface area contributed by atoms with Crippen molar-refractivity contribution in [3.05, 3.63) is 58.8 Å². The summed E-state index contributed by atoms with van der Waals surface area (Å²) in [4.78, 5) is 19.8. The predicted octanol–water partition coefficient (Wildman–Crippen LogP) is 4.22. The van der Waals surface area contributed by atoms with Crippen LogP contribution >= 0.6 is 0 Å². The first kappa shape index (κ1) is 17.1. The Kier molecular flexibility index (Phi) is 4.43. The van der Waals surface area contributed by atoms with Gasteiger partial charge in [0, 0.05) is 42.8 Å². The molecule has 2 aliphatic rings. The van der Waals surface area contributed by atoms with E-state index >= 15 is 0 Å². The number of pyridine rings is 1. The van der Waals surface area contributed by atoms with Crippen LogP contribution in [-0.2, 0) is 0 Å². The van der Waals surface area contributed by atoms with Crippen molar-refractivity contribution >= 4 is 5.91 Å². The standard InChI is InChI=1S/C22H26N2O2/c1-14-10-15(2)21(16(3)11-14)22(25)24-17-7-8-18(24)13-19(12-17)26-20-6-4-5-9-23-20/h4-6,9-11,17-19H,7-8,12-13H2,1-3H3. The normalized spacial score (nSPS) is 24.6. The van der Waals surface area contributed by atoms with Crippen molar-refractivity contribution in [2.45, 2.75) is 64.6 Å². The van der Waals surface area contributed by atoms with Crippen molar-refractivity contribution in [2.24, 2.45) is 0 Å². The van der Waals surface area contributed by atoms with Crippen molar-refractivity contribution in [3.63, 3.8) is 0 Å². The molecule has 2 atom stereocenters. The maximum absolute atomic E-state index is 13.4. The maximum Gasteiger partial charge on any atom is 0.254 e. The molecule has 136 valence electrons. The smallest absolute Gasteiger partial charge is 0.254 e. The summed E-state index contributed by atoms with van der Waals surface area (Å²) in [6.07, 6.45) is 5.83. The minimum Gasteiger partial charge on any atom is -0.474 e. The average molecular weight is 350 g/mol. The third-order valence-electron chi connectivity index (χ3n) is 5.74. The van der Waals surface area contributed by atoms with Crippen LogP contribution in [0.5, 0.6) is 5.88 Å². The van der Waals surface area contributed by atoms with Gasteiger partial charge in [-0.05, 0) is 50.8 Å². The molecule has 0 N–H and O–H groups in total. The molecule has 4 nitrogen and oxygen atoms in total. The molecule has 0 radical (unpaired) electrons. The van der Waals surface area contributed by atoms with Crippen LogP contribution in [0.15, 0.2) is 36.5 Å². The van der Waals surface area contributed by atoms with E-state index in [0.717, 1.165) is 42.4 Å². The Hall–Kier alpha value is -2.36. The lowest BCUT2D eigenvalue weighted by atomic mass is 9.94. The minimum absolute atomic E-state index is 0.145. The molecule has 2 fully saturated rings. The molecule has 26 heavy (non-hydrogen) atoms. The topological polar surface area (TPSA) is 42.4 Å². The molecule has 1 amide bonds. The van der Waals surface area contributed by atoms with Gasteiger partial charge in [-0.2, -0.15) is 0 Å². The Morgan fingerprint density at radius 2 is 1.73 bits per heavy atom. The number of carbonyl (C=O) groups is 1. The first-order valence-electron chi connectivity index (χ1n) is 9.51. The van der Waals surface area contributed by atoms with E-state index in [9.17, 15) is 4.79 Å². The van der Waals surface area contributed by atoms with Gasteiger partial charge in [0.2, 0.25) is 5.88 Å². The summed E-state index contributed by atoms with van der Waals surface area (Å²) in [6, 6.07) is 10.5. The van der Waals surface area contributed by atoms with E-state index in [1.54, 1.807) is 6.20 Å². The lowest BCUT2D eigenvalue weighted by molar-refractivity contribution is 0.0347. The molecule has 3 heterocycles. The average Bonchev–Trinajstić information content (AvgIpc) is 2.86. The monoisotopic (exact) mass is 350 g/mol. The van der Waals surface area contributed by atoms with Gasteiger partial charge >= 0.3 is 0 Å². The molecule has 0 saturated carbocycles. The zero-order valence-electron chi connectivity index (χ0n) is 15.7. The van der Waals surface area contributed by atoms with Crippen molar-refractivity contribution < 1.29 is 9.53 Å². The Morgan fingerprint density at radius 3 is 2.31 bits per heavy atom. The van der Waals surface area contributed by atoms with Crippen LogP contribution in [0.3, 0.4) is 0 Å². The number of piperidine rings is 1. The molecule has 0 aliphatic carbocycles. The molecule has 1 aromatic heterocycles. The van der Waals surface area contributed by atoms with Crippen LogP contribution < -0.4 is 4.74 Å². The highest BCUT2D eigenvalue weighted by atomic mass is 16.5. The number of fused-ring (bicyclic) bond motifs is 2. The fraction of sp³-hybridized carbons (Fsp3) is 0.455. The second-order valence-corrected chi connectivity index (χ2v) is 7.75. The highest BCUT2D eigenvalue weighted by molar-refractivity contribution is 5.97. The van der Waals surface area contributed by atoms with Gasteiger partial charge in [-0.15, -0.1) is 0 Å². The molecule has 0 spiro atoms. The molecule has 2 saturated heterocycles. The third kappa shape index (κ3) is 3.09. The van der Waals surface area contributed by atoms with E-state index in [1.165, 1.54) is 5.56 Å². The van der Waals surface area contributed by atoms with E-state index in [0.29, 0.717) is 5.88 Å². The Morgan fingerprint density at radius 1 is 1.08 bits per heavy atom. The van der Waals surface area contributed by atoms with Gasteiger partial charge in [0.15, 0.2) is 0 Å². The molecule has 4 heteroatoms. The number of ether oxygens (including phenoxy) is 1. The number of aromatic nitrogens is 1. The highest BCUT2D eigenvalue weighted by Gasteiger charge is 2.44. The summed E-state index contributed by atoms with van der Waals surface area (Å²) in [5.41, 5.74) is 4.26. The SMILES string of the molecule is Cc1cc(C)c(C(=O)N2C3CCC2CC(Oc2ccccn2)C3)c(C)c1. The molecule has 2 unspecified atom stereocenters. The lowest BCUT2D eigenvalue weighted by Crippen LogP contribution is -2.49. The fourth-order valence-electron chi connectivity index (χ4n) is 4.79. The van der Waals surface area contributed by atoms with Gasteiger partial charge < -0.3 is 9.64 Å². The second kappa shape index (κ2) is 6.75. The zero-order chi connectivity index (χ0) is 18.3. The van der Waals surface area contributed by atoms with E-state index < -0.39 is 0 Å². The second-order valence-electron chi connectivity index (χ2n) is 7.75. The highest BCUT2D eigenvalue weighted by Crippen LogP contribution is 2.38.